The summed E-state index contributed by atoms with van der Waals surface area (Å²) in [5.74, 6) is -1.31. The van der Waals surface area contributed by atoms with Gasteiger partial charge in [0.05, 0.1) is 6.61 Å². The largest absolute Gasteiger partial charge is 0.504 e. The maximum Gasteiger partial charge on any atom is 0.251 e. The number of ether oxygens (including phenoxy) is 1. The van der Waals surface area contributed by atoms with Crippen molar-refractivity contribution in [3.8, 4) is 23.0 Å². The lowest BCUT2D eigenvalue weighted by Gasteiger charge is -2.30. The number of amides is 1. The lowest BCUT2D eigenvalue weighted by Crippen LogP contribution is -2.26. The molecule has 6 nitrogen and oxygen atoms in total. The molecule has 2 aromatic carbocycles. The van der Waals surface area contributed by atoms with Crippen molar-refractivity contribution >= 4 is 5.91 Å². The average molecular weight is 444 g/mol. The SMILES string of the molecule is CCC(C)(C)c1ccc(OCCCNC(=O)c2cc(O)c(O)c(O)c2)c(C(C)(C)CC)c1. The first-order valence-electron chi connectivity index (χ1n) is 11.2. The molecule has 2 rings (SSSR count). The van der Waals surface area contributed by atoms with Crippen molar-refractivity contribution in [3.05, 3.63) is 47.0 Å². The van der Waals surface area contributed by atoms with Gasteiger partial charge >= 0.3 is 0 Å². The minimum Gasteiger partial charge on any atom is -0.504 e. The van der Waals surface area contributed by atoms with Gasteiger partial charge in [0.1, 0.15) is 5.75 Å². The summed E-state index contributed by atoms with van der Waals surface area (Å²) < 4.78 is 6.10. The molecule has 0 spiro atoms. The molecule has 0 aliphatic rings. The van der Waals surface area contributed by atoms with E-state index in [1.165, 1.54) is 11.1 Å². The zero-order valence-electron chi connectivity index (χ0n) is 20.1. The lowest BCUT2D eigenvalue weighted by atomic mass is 9.76. The Balaban J connectivity index is 2.01. The van der Waals surface area contributed by atoms with Crippen LogP contribution in [-0.2, 0) is 10.8 Å². The third kappa shape index (κ3) is 5.87. The number of nitrogens with one attached hydrogen (secondary N) is 1. The Morgan fingerprint density at radius 2 is 1.53 bits per heavy atom. The normalized spacial score (nSPS) is 11.9. The van der Waals surface area contributed by atoms with Gasteiger partial charge in [-0.2, -0.15) is 0 Å². The Kier molecular flexibility index (Phi) is 8.05. The number of phenols is 3. The van der Waals surface area contributed by atoms with E-state index in [0.29, 0.717) is 19.6 Å². The molecule has 32 heavy (non-hydrogen) atoms. The highest BCUT2D eigenvalue weighted by Crippen LogP contribution is 2.38. The van der Waals surface area contributed by atoms with Crippen LogP contribution in [0, 0.1) is 0 Å². The van der Waals surface area contributed by atoms with E-state index in [2.05, 4.69) is 65.1 Å². The van der Waals surface area contributed by atoms with Crippen LogP contribution in [0.1, 0.15) is 82.3 Å². The van der Waals surface area contributed by atoms with Crippen molar-refractivity contribution in [1.29, 1.82) is 0 Å². The van der Waals surface area contributed by atoms with Crippen LogP contribution in [0.2, 0.25) is 0 Å². The standard InChI is InChI=1S/C26H37NO5/c1-7-25(3,4)18-10-11-22(19(16-18)26(5,6)8-2)32-13-9-12-27-24(31)17-14-20(28)23(30)21(29)15-17/h10-11,14-16,28-30H,7-9,12-13H2,1-6H3,(H,27,31). The molecule has 4 N–H and O–H groups in total. The number of hydrogen-bond acceptors (Lipinski definition) is 5. The number of carbonyl (C=O) groups is 1. The molecule has 1 amide bonds. The Morgan fingerprint density at radius 1 is 0.938 bits per heavy atom. The molecule has 176 valence electrons. The van der Waals surface area contributed by atoms with E-state index in [9.17, 15) is 20.1 Å². The molecule has 0 aromatic heterocycles. The van der Waals surface area contributed by atoms with Gasteiger partial charge in [0.25, 0.3) is 5.91 Å². The highest BCUT2D eigenvalue weighted by Gasteiger charge is 2.26. The van der Waals surface area contributed by atoms with Gasteiger partial charge in [0.15, 0.2) is 17.2 Å². The molecule has 6 heteroatoms. The van der Waals surface area contributed by atoms with E-state index in [-0.39, 0.29) is 16.4 Å². The fourth-order valence-electron chi connectivity index (χ4n) is 3.29. The van der Waals surface area contributed by atoms with Crippen molar-refractivity contribution in [2.75, 3.05) is 13.2 Å². The van der Waals surface area contributed by atoms with Crippen LogP contribution in [0.25, 0.3) is 0 Å². The van der Waals surface area contributed by atoms with E-state index >= 15 is 0 Å². The van der Waals surface area contributed by atoms with Crippen LogP contribution in [-0.4, -0.2) is 34.4 Å². The smallest absolute Gasteiger partial charge is 0.251 e. The second-order valence-corrected chi connectivity index (χ2v) is 9.51. The van der Waals surface area contributed by atoms with Gasteiger partial charge in [0, 0.05) is 17.7 Å². The van der Waals surface area contributed by atoms with E-state index in [0.717, 1.165) is 30.7 Å². The third-order valence-corrected chi connectivity index (χ3v) is 6.45. The minimum atomic E-state index is -0.644. The van der Waals surface area contributed by atoms with Gasteiger partial charge < -0.3 is 25.4 Å². The van der Waals surface area contributed by atoms with Crippen molar-refractivity contribution < 1.29 is 24.9 Å². The number of hydrogen-bond donors (Lipinski definition) is 4. The second kappa shape index (κ2) is 10.2. The van der Waals surface area contributed by atoms with E-state index in [1.807, 2.05) is 0 Å². The molecule has 0 aliphatic carbocycles. The molecule has 0 saturated heterocycles. The van der Waals surface area contributed by atoms with Crippen LogP contribution in [0.15, 0.2) is 30.3 Å². The first-order valence-corrected chi connectivity index (χ1v) is 11.2. The molecule has 0 unspecified atom stereocenters. The quantitative estimate of drug-likeness (QED) is 0.292. The van der Waals surface area contributed by atoms with Crippen LogP contribution >= 0.6 is 0 Å². The lowest BCUT2D eigenvalue weighted by molar-refractivity contribution is 0.0950. The van der Waals surface area contributed by atoms with Crippen LogP contribution in [0.5, 0.6) is 23.0 Å². The molecular formula is C26H37NO5. The summed E-state index contributed by atoms with van der Waals surface area (Å²) in [6.07, 6.45) is 2.63. The van der Waals surface area contributed by atoms with Crippen LogP contribution < -0.4 is 10.1 Å². The minimum absolute atomic E-state index is 0.0216. The van der Waals surface area contributed by atoms with Gasteiger partial charge in [-0.25, -0.2) is 0 Å². The van der Waals surface area contributed by atoms with Crippen molar-refractivity contribution in [1.82, 2.24) is 5.32 Å². The monoisotopic (exact) mass is 443 g/mol. The van der Waals surface area contributed by atoms with Gasteiger partial charge in [-0.1, -0.05) is 53.7 Å². The van der Waals surface area contributed by atoms with Gasteiger partial charge in [-0.3, -0.25) is 4.79 Å². The highest BCUT2D eigenvalue weighted by molar-refractivity contribution is 5.95. The Labute approximate surface area is 191 Å². The summed E-state index contributed by atoms with van der Waals surface area (Å²) in [5, 5.41) is 31.2. The summed E-state index contributed by atoms with van der Waals surface area (Å²) in [6, 6.07) is 8.69. The number of carbonyl (C=O) groups excluding carboxylic acids is 1. The molecule has 0 heterocycles. The fraction of sp³-hybridized carbons (Fsp3) is 0.500. The Morgan fingerprint density at radius 3 is 2.09 bits per heavy atom. The van der Waals surface area contributed by atoms with Crippen molar-refractivity contribution in [3.63, 3.8) is 0 Å². The zero-order valence-corrected chi connectivity index (χ0v) is 20.1. The maximum absolute atomic E-state index is 12.2. The molecule has 0 saturated carbocycles. The number of rotatable bonds is 10. The van der Waals surface area contributed by atoms with Crippen LogP contribution in [0.4, 0.5) is 0 Å². The Hall–Kier alpha value is -2.89. The first-order chi connectivity index (χ1) is 14.9. The van der Waals surface area contributed by atoms with Gasteiger partial charge in [0.2, 0.25) is 0 Å². The fourth-order valence-corrected chi connectivity index (χ4v) is 3.29. The molecular weight excluding hydrogens is 406 g/mol. The second-order valence-electron chi connectivity index (χ2n) is 9.51. The van der Waals surface area contributed by atoms with Crippen LogP contribution in [0.3, 0.4) is 0 Å². The number of benzene rings is 2. The molecule has 0 aliphatic heterocycles. The van der Waals surface area contributed by atoms with Gasteiger partial charge in [-0.05, 0) is 53.9 Å². The Bertz CT molecular complexity index is 926. The highest BCUT2D eigenvalue weighted by atomic mass is 16.5. The summed E-state index contributed by atoms with van der Waals surface area (Å²) in [5.41, 5.74) is 2.64. The van der Waals surface area contributed by atoms with E-state index in [1.54, 1.807) is 0 Å². The van der Waals surface area contributed by atoms with Crippen molar-refractivity contribution in [2.24, 2.45) is 0 Å². The first kappa shape index (κ1) is 25.4. The predicted octanol–water partition coefficient (Wildman–Crippen LogP) is 5.38. The average Bonchev–Trinajstić information content (AvgIpc) is 2.76. The number of phenolic OH excluding ortho intramolecular Hbond substituents is 3. The molecule has 2 aromatic rings. The summed E-state index contributed by atoms with van der Waals surface area (Å²) in [7, 11) is 0. The van der Waals surface area contributed by atoms with Crippen molar-refractivity contribution in [2.45, 2.75) is 71.6 Å². The van der Waals surface area contributed by atoms with E-state index < -0.39 is 23.2 Å². The summed E-state index contributed by atoms with van der Waals surface area (Å²) >= 11 is 0. The summed E-state index contributed by atoms with van der Waals surface area (Å²) in [4.78, 5) is 12.2. The molecule has 0 fully saturated rings. The summed E-state index contributed by atoms with van der Waals surface area (Å²) in [6.45, 7) is 14.1. The topological polar surface area (TPSA) is 99.0 Å². The van der Waals surface area contributed by atoms with Gasteiger partial charge in [-0.15, -0.1) is 0 Å². The third-order valence-electron chi connectivity index (χ3n) is 6.45. The molecule has 0 atom stereocenters. The molecule has 0 bridgehead atoms. The zero-order chi connectivity index (χ0) is 24.1. The maximum atomic E-state index is 12.2. The number of aromatic hydroxyl groups is 3. The predicted molar refractivity (Wildman–Crippen MR) is 127 cm³/mol. The van der Waals surface area contributed by atoms with E-state index in [4.69, 9.17) is 4.74 Å². The molecule has 0 radical (unpaired) electrons.